The van der Waals surface area contributed by atoms with E-state index in [1.165, 1.54) is 32.1 Å². The first kappa shape index (κ1) is 16.0. The lowest BCUT2D eigenvalue weighted by Crippen LogP contribution is -2.55. The molecule has 108 valence electrons. The van der Waals surface area contributed by atoms with Gasteiger partial charge in [0.25, 0.3) is 0 Å². The second-order valence-corrected chi connectivity index (χ2v) is 6.74. The zero-order valence-corrected chi connectivity index (χ0v) is 13.1. The smallest absolute Gasteiger partial charge is 0.0746 e. The van der Waals surface area contributed by atoms with Crippen LogP contribution in [0.3, 0.4) is 0 Å². The molecule has 3 atom stereocenters. The van der Waals surface area contributed by atoms with E-state index in [0.717, 1.165) is 13.0 Å². The van der Waals surface area contributed by atoms with Gasteiger partial charge in [-0.05, 0) is 44.6 Å². The topological polar surface area (TPSA) is 23.5 Å². The van der Waals surface area contributed by atoms with Gasteiger partial charge in [0.2, 0.25) is 0 Å². The highest BCUT2D eigenvalue weighted by molar-refractivity contribution is 4.94. The Labute approximate surface area is 114 Å². The van der Waals surface area contributed by atoms with Crippen molar-refractivity contribution in [3.05, 3.63) is 0 Å². The Morgan fingerprint density at radius 3 is 2.56 bits per heavy atom. The summed E-state index contributed by atoms with van der Waals surface area (Å²) < 4.78 is 0. The summed E-state index contributed by atoms with van der Waals surface area (Å²) in [5, 5.41) is 10.7. The summed E-state index contributed by atoms with van der Waals surface area (Å²) in [7, 11) is 0. The van der Waals surface area contributed by atoms with Gasteiger partial charge in [0.05, 0.1) is 6.10 Å². The lowest BCUT2D eigenvalue weighted by Gasteiger charge is -2.47. The maximum Gasteiger partial charge on any atom is 0.0746 e. The molecule has 1 saturated carbocycles. The number of aliphatic hydroxyl groups is 1. The Morgan fingerprint density at radius 2 is 2.00 bits per heavy atom. The van der Waals surface area contributed by atoms with Crippen molar-refractivity contribution in [2.24, 2.45) is 5.41 Å². The van der Waals surface area contributed by atoms with Gasteiger partial charge in [0.1, 0.15) is 0 Å². The van der Waals surface area contributed by atoms with Crippen LogP contribution in [0, 0.1) is 5.41 Å². The normalized spacial score (nSPS) is 29.5. The van der Waals surface area contributed by atoms with Crippen LogP contribution in [0.4, 0.5) is 0 Å². The molecule has 1 aliphatic rings. The number of rotatable bonds is 6. The molecule has 0 saturated heterocycles. The van der Waals surface area contributed by atoms with Crippen LogP contribution < -0.4 is 0 Å². The maximum absolute atomic E-state index is 10.7. The average Bonchev–Trinajstić information content (AvgIpc) is 2.34. The van der Waals surface area contributed by atoms with Crippen molar-refractivity contribution < 1.29 is 5.11 Å². The van der Waals surface area contributed by atoms with Crippen molar-refractivity contribution in [2.45, 2.75) is 91.3 Å². The summed E-state index contributed by atoms with van der Waals surface area (Å²) in [4.78, 5) is 2.58. The average molecular weight is 255 g/mol. The van der Waals surface area contributed by atoms with Gasteiger partial charge in [0, 0.05) is 12.1 Å². The Hall–Kier alpha value is -0.0800. The fourth-order valence-electron chi connectivity index (χ4n) is 3.23. The number of hydrogen-bond acceptors (Lipinski definition) is 2. The molecule has 1 rings (SSSR count). The molecular weight excluding hydrogens is 222 g/mol. The minimum Gasteiger partial charge on any atom is -0.391 e. The SMILES string of the molecule is CCCCN(C(C)CC)C1CCCC(C)(C)C1O. The van der Waals surface area contributed by atoms with Gasteiger partial charge >= 0.3 is 0 Å². The Bertz CT molecular complexity index is 239. The van der Waals surface area contributed by atoms with Crippen LogP contribution in [-0.4, -0.2) is 34.7 Å². The van der Waals surface area contributed by atoms with Gasteiger partial charge < -0.3 is 5.11 Å². The Balaban J connectivity index is 2.76. The van der Waals surface area contributed by atoms with Gasteiger partial charge in [0.15, 0.2) is 0 Å². The van der Waals surface area contributed by atoms with E-state index >= 15 is 0 Å². The summed E-state index contributed by atoms with van der Waals surface area (Å²) in [6, 6.07) is 0.959. The van der Waals surface area contributed by atoms with E-state index in [-0.39, 0.29) is 11.5 Å². The van der Waals surface area contributed by atoms with Crippen LogP contribution >= 0.6 is 0 Å². The van der Waals surface area contributed by atoms with E-state index in [4.69, 9.17) is 0 Å². The third kappa shape index (κ3) is 3.71. The Morgan fingerprint density at radius 1 is 1.33 bits per heavy atom. The van der Waals surface area contributed by atoms with Crippen LogP contribution in [-0.2, 0) is 0 Å². The Kier molecular flexibility index (Phi) is 6.13. The van der Waals surface area contributed by atoms with E-state index in [0.29, 0.717) is 12.1 Å². The largest absolute Gasteiger partial charge is 0.391 e. The van der Waals surface area contributed by atoms with Crippen LogP contribution in [0.5, 0.6) is 0 Å². The van der Waals surface area contributed by atoms with Gasteiger partial charge in [-0.3, -0.25) is 4.90 Å². The summed E-state index contributed by atoms with van der Waals surface area (Å²) in [5.74, 6) is 0. The molecule has 3 unspecified atom stereocenters. The molecule has 0 bridgehead atoms. The molecule has 0 spiro atoms. The monoisotopic (exact) mass is 255 g/mol. The van der Waals surface area contributed by atoms with Crippen molar-refractivity contribution in [3.63, 3.8) is 0 Å². The van der Waals surface area contributed by atoms with E-state index in [2.05, 4.69) is 39.5 Å². The maximum atomic E-state index is 10.7. The molecule has 0 aromatic rings. The molecule has 18 heavy (non-hydrogen) atoms. The molecule has 1 fully saturated rings. The van der Waals surface area contributed by atoms with Crippen molar-refractivity contribution >= 4 is 0 Å². The third-order valence-corrected chi connectivity index (χ3v) is 4.84. The van der Waals surface area contributed by atoms with Crippen molar-refractivity contribution in [2.75, 3.05) is 6.54 Å². The molecule has 0 radical (unpaired) electrons. The quantitative estimate of drug-likeness (QED) is 0.780. The summed E-state index contributed by atoms with van der Waals surface area (Å²) in [5.41, 5.74) is 0.0842. The van der Waals surface area contributed by atoms with Crippen molar-refractivity contribution in [1.82, 2.24) is 4.90 Å². The first-order valence-electron chi connectivity index (χ1n) is 7.87. The predicted molar refractivity (Wildman–Crippen MR) is 78.8 cm³/mol. The van der Waals surface area contributed by atoms with E-state index < -0.39 is 0 Å². The second kappa shape index (κ2) is 6.91. The van der Waals surface area contributed by atoms with Crippen molar-refractivity contribution in [3.8, 4) is 0 Å². The van der Waals surface area contributed by atoms with Gasteiger partial charge in [-0.1, -0.05) is 40.5 Å². The molecule has 2 heteroatoms. The zero-order chi connectivity index (χ0) is 13.8. The molecule has 0 aromatic carbocycles. The van der Waals surface area contributed by atoms with E-state index in [1.54, 1.807) is 0 Å². The molecule has 1 N–H and O–H groups in total. The lowest BCUT2D eigenvalue weighted by molar-refractivity contribution is -0.0681. The van der Waals surface area contributed by atoms with Gasteiger partial charge in [-0.25, -0.2) is 0 Å². The van der Waals surface area contributed by atoms with Crippen LogP contribution in [0.2, 0.25) is 0 Å². The minimum absolute atomic E-state index is 0.0842. The minimum atomic E-state index is -0.169. The molecule has 0 aliphatic heterocycles. The standard InChI is InChI=1S/C16H33NO/c1-6-8-12-17(13(3)7-2)14-10-9-11-16(4,5)15(14)18/h13-15,18H,6-12H2,1-5H3. The number of unbranched alkanes of at least 4 members (excludes halogenated alkanes) is 1. The second-order valence-electron chi connectivity index (χ2n) is 6.74. The highest BCUT2D eigenvalue weighted by Gasteiger charge is 2.41. The molecule has 0 aromatic heterocycles. The summed E-state index contributed by atoms with van der Waals surface area (Å²) in [6.07, 6.45) is 7.07. The van der Waals surface area contributed by atoms with Gasteiger partial charge in [-0.15, -0.1) is 0 Å². The third-order valence-electron chi connectivity index (χ3n) is 4.84. The van der Waals surface area contributed by atoms with Crippen molar-refractivity contribution in [1.29, 1.82) is 0 Å². The summed E-state index contributed by atoms with van der Waals surface area (Å²) in [6.45, 7) is 12.4. The molecular formula is C16H33NO. The first-order chi connectivity index (χ1) is 8.44. The fourth-order valence-corrected chi connectivity index (χ4v) is 3.23. The number of nitrogens with zero attached hydrogens (tertiary/aromatic N) is 1. The summed E-state index contributed by atoms with van der Waals surface area (Å²) >= 11 is 0. The number of hydrogen-bond donors (Lipinski definition) is 1. The highest BCUT2D eigenvalue weighted by atomic mass is 16.3. The van der Waals surface area contributed by atoms with Crippen LogP contribution in [0.1, 0.15) is 73.1 Å². The van der Waals surface area contributed by atoms with Crippen LogP contribution in [0.15, 0.2) is 0 Å². The zero-order valence-electron chi connectivity index (χ0n) is 13.1. The first-order valence-corrected chi connectivity index (χ1v) is 7.87. The van der Waals surface area contributed by atoms with E-state index in [9.17, 15) is 5.11 Å². The van der Waals surface area contributed by atoms with Gasteiger partial charge in [-0.2, -0.15) is 0 Å². The molecule has 0 amide bonds. The predicted octanol–water partition coefficient (Wildman–Crippen LogP) is 3.83. The van der Waals surface area contributed by atoms with E-state index in [1.807, 2.05) is 0 Å². The molecule has 2 nitrogen and oxygen atoms in total. The fraction of sp³-hybridized carbons (Fsp3) is 1.00. The highest BCUT2D eigenvalue weighted by Crippen LogP contribution is 2.38. The molecule has 1 aliphatic carbocycles. The lowest BCUT2D eigenvalue weighted by atomic mass is 9.72. The molecule has 0 heterocycles. The number of aliphatic hydroxyl groups excluding tert-OH is 1. The van der Waals surface area contributed by atoms with Crippen LogP contribution in [0.25, 0.3) is 0 Å².